The second-order valence-electron chi connectivity index (χ2n) is 5.48. The van der Waals surface area contributed by atoms with Gasteiger partial charge in [0.25, 0.3) is 0 Å². The molecule has 1 atom stereocenters. The van der Waals surface area contributed by atoms with Crippen LogP contribution in [0.15, 0.2) is 54.6 Å². The quantitative estimate of drug-likeness (QED) is 0.906. The molecule has 21 heavy (non-hydrogen) atoms. The van der Waals surface area contributed by atoms with Crippen molar-refractivity contribution in [3.05, 3.63) is 54.6 Å². The molecule has 0 radical (unpaired) electrons. The van der Waals surface area contributed by atoms with Gasteiger partial charge in [0.1, 0.15) is 0 Å². The van der Waals surface area contributed by atoms with Crippen LogP contribution in [0.4, 0.5) is 5.69 Å². The Bertz CT molecular complexity index is 586. The lowest BCUT2D eigenvalue weighted by Gasteiger charge is -2.21. The van der Waals surface area contributed by atoms with Crippen LogP contribution in [0, 0.1) is 5.92 Å². The first-order valence-corrected chi connectivity index (χ1v) is 7.50. The normalized spacial score (nSPS) is 18.2. The first-order chi connectivity index (χ1) is 10.3. The molecule has 0 bridgehead atoms. The van der Waals surface area contributed by atoms with Gasteiger partial charge in [0, 0.05) is 12.2 Å². The third-order valence-electron chi connectivity index (χ3n) is 3.93. The highest BCUT2D eigenvalue weighted by atomic mass is 16.1. The van der Waals surface area contributed by atoms with Crippen molar-refractivity contribution in [3.63, 3.8) is 0 Å². The third-order valence-corrected chi connectivity index (χ3v) is 3.93. The number of hydrogen-bond donors (Lipinski definition) is 2. The zero-order valence-corrected chi connectivity index (χ0v) is 12.0. The van der Waals surface area contributed by atoms with Gasteiger partial charge < -0.3 is 10.6 Å². The fraction of sp³-hybridized carbons (Fsp3) is 0.278. The molecule has 3 rings (SSSR count). The van der Waals surface area contributed by atoms with E-state index in [2.05, 4.69) is 22.8 Å². The molecule has 2 aromatic carbocycles. The van der Waals surface area contributed by atoms with Crippen LogP contribution in [0.25, 0.3) is 11.1 Å². The first-order valence-electron chi connectivity index (χ1n) is 7.50. The third kappa shape index (κ3) is 3.50. The Kier molecular flexibility index (Phi) is 4.31. The molecule has 3 nitrogen and oxygen atoms in total. The van der Waals surface area contributed by atoms with Crippen molar-refractivity contribution >= 4 is 11.6 Å². The number of nitrogens with one attached hydrogen (secondary N) is 2. The van der Waals surface area contributed by atoms with Gasteiger partial charge in [-0.25, -0.2) is 0 Å². The zero-order valence-electron chi connectivity index (χ0n) is 12.0. The van der Waals surface area contributed by atoms with E-state index in [0.717, 1.165) is 37.2 Å². The van der Waals surface area contributed by atoms with Crippen molar-refractivity contribution in [2.24, 2.45) is 5.92 Å². The smallest absolute Gasteiger partial charge is 0.228 e. The van der Waals surface area contributed by atoms with Crippen LogP contribution < -0.4 is 10.6 Å². The summed E-state index contributed by atoms with van der Waals surface area (Å²) < 4.78 is 0. The Morgan fingerprint density at radius 1 is 1.00 bits per heavy atom. The molecule has 1 fully saturated rings. The maximum atomic E-state index is 12.2. The minimum absolute atomic E-state index is 0.0903. The summed E-state index contributed by atoms with van der Waals surface area (Å²) in [6, 6.07) is 18.3. The minimum Gasteiger partial charge on any atom is -0.326 e. The van der Waals surface area contributed by atoms with Gasteiger partial charge in [-0.3, -0.25) is 4.79 Å². The van der Waals surface area contributed by atoms with Crippen molar-refractivity contribution < 1.29 is 4.79 Å². The summed E-state index contributed by atoms with van der Waals surface area (Å²) in [6.45, 7) is 1.81. The predicted molar refractivity (Wildman–Crippen MR) is 86.1 cm³/mol. The lowest BCUT2D eigenvalue weighted by molar-refractivity contribution is -0.120. The van der Waals surface area contributed by atoms with E-state index in [1.165, 1.54) is 5.56 Å². The van der Waals surface area contributed by atoms with Crippen LogP contribution in [0.2, 0.25) is 0 Å². The molecule has 2 aromatic rings. The SMILES string of the molecule is O=C(Nc1ccc(-c2ccccc2)cc1)[C@@H]1CCCNC1. The van der Waals surface area contributed by atoms with Crippen LogP contribution in [0.5, 0.6) is 0 Å². The maximum absolute atomic E-state index is 12.2. The van der Waals surface area contributed by atoms with E-state index < -0.39 is 0 Å². The number of carbonyl (C=O) groups is 1. The van der Waals surface area contributed by atoms with Gasteiger partial charge in [0.15, 0.2) is 0 Å². The van der Waals surface area contributed by atoms with Crippen molar-refractivity contribution in [3.8, 4) is 11.1 Å². The van der Waals surface area contributed by atoms with Gasteiger partial charge in [-0.15, -0.1) is 0 Å². The van der Waals surface area contributed by atoms with Crippen LogP contribution in [-0.4, -0.2) is 19.0 Å². The van der Waals surface area contributed by atoms with Crippen molar-refractivity contribution in [1.29, 1.82) is 0 Å². The molecule has 3 heteroatoms. The molecule has 2 N–H and O–H groups in total. The Hall–Kier alpha value is -2.13. The molecule has 0 aliphatic carbocycles. The van der Waals surface area contributed by atoms with Crippen molar-refractivity contribution in [1.82, 2.24) is 5.32 Å². The van der Waals surface area contributed by atoms with E-state index in [4.69, 9.17) is 0 Å². The zero-order chi connectivity index (χ0) is 14.5. The van der Waals surface area contributed by atoms with Crippen LogP contribution in [0.1, 0.15) is 12.8 Å². The first kappa shape index (κ1) is 13.8. The Balaban J connectivity index is 1.65. The average Bonchev–Trinajstić information content (AvgIpc) is 2.57. The highest BCUT2D eigenvalue weighted by molar-refractivity contribution is 5.93. The lowest BCUT2D eigenvalue weighted by atomic mass is 9.98. The van der Waals surface area contributed by atoms with E-state index >= 15 is 0 Å². The molecular weight excluding hydrogens is 260 g/mol. The number of anilines is 1. The fourth-order valence-electron chi connectivity index (χ4n) is 2.70. The van der Waals surface area contributed by atoms with E-state index in [1.807, 2.05) is 42.5 Å². The average molecular weight is 280 g/mol. The summed E-state index contributed by atoms with van der Waals surface area (Å²) in [4.78, 5) is 12.2. The summed E-state index contributed by atoms with van der Waals surface area (Å²) in [5, 5.41) is 6.28. The topological polar surface area (TPSA) is 41.1 Å². The van der Waals surface area contributed by atoms with E-state index in [1.54, 1.807) is 0 Å². The maximum Gasteiger partial charge on any atom is 0.228 e. The van der Waals surface area contributed by atoms with Gasteiger partial charge in [-0.1, -0.05) is 42.5 Å². The number of amides is 1. The van der Waals surface area contributed by atoms with Crippen LogP contribution in [-0.2, 0) is 4.79 Å². The Morgan fingerprint density at radius 2 is 1.71 bits per heavy atom. The number of hydrogen-bond acceptors (Lipinski definition) is 2. The summed E-state index contributed by atoms with van der Waals surface area (Å²) in [7, 11) is 0. The number of carbonyl (C=O) groups excluding carboxylic acids is 1. The number of benzene rings is 2. The molecule has 108 valence electrons. The lowest BCUT2D eigenvalue weighted by Crippen LogP contribution is -2.37. The van der Waals surface area contributed by atoms with E-state index in [9.17, 15) is 4.79 Å². The molecule has 1 aliphatic rings. The van der Waals surface area contributed by atoms with Crippen molar-refractivity contribution in [2.45, 2.75) is 12.8 Å². The monoisotopic (exact) mass is 280 g/mol. The van der Waals surface area contributed by atoms with E-state index in [0.29, 0.717) is 0 Å². The Labute approximate surface area is 125 Å². The minimum atomic E-state index is 0.0903. The molecule has 0 saturated carbocycles. The summed E-state index contributed by atoms with van der Waals surface area (Å²) in [5.74, 6) is 0.210. The fourth-order valence-corrected chi connectivity index (χ4v) is 2.70. The molecule has 1 saturated heterocycles. The number of piperidine rings is 1. The van der Waals surface area contributed by atoms with Crippen LogP contribution in [0.3, 0.4) is 0 Å². The highest BCUT2D eigenvalue weighted by Crippen LogP contribution is 2.21. The molecule has 1 aliphatic heterocycles. The molecule has 1 amide bonds. The molecular formula is C18H20N2O. The van der Waals surface area contributed by atoms with Gasteiger partial charge in [-0.2, -0.15) is 0 Å². The standard InChI is InChI=1S/C18H20N2O/c21-18(16-7-4-12-19-13-16)20-17-10-8-15(9-11-17)14-5-2-1-3-6-14/h1-3,5-6,8-11,16,19H,4,7,12-13H2,(H,20,21)/t16-/m1/s1. The largest absolute Gasteiger partial charge is 0.326 e. The summed E-state index contributed by atoms with van der Waals surface area (Å²) >= 11 is 0. The molecule has 1 heterocycles. The highest BCUT2D eigenvalue weighted by Gasteiger charge is 2.20. The molecule has 0 aromatic heterocycles. The van der Waals surface area contributed by atoms with Crippen molar-refractivity contribution in [2.75, 3.05) is 18.4 Å². The van der Waals surface area contributed by atoms with Gasteiger partial charge in [0.2, 0.25) is 5.91 Å². The second kappa shape index (κ2) is 6.55. The second-order valence-corrected chi connectivity index (χ2v) is 5.48. The Morgan fingerprint density at radius 3 is 2.38 bits per heavy atom. The molecule has 0 spiro atoms. The summed E-state index contributed by atoms with van der Waals surface area (Å²) in [5.41, 5.74) is 3.21. The van der Waals surface area contributed by atoms with Gasteiger partial charge in [0.05, 0.1) is 5.92 Å². The van der Waals surface area contributed by atoms with Gasteiger partial charge >= 0.3 is 0 Å². The van der Waals surface area contributed by atoms with Crippen LogP contribution >= 0.6 is 0 Å². The van der Waals surface area contributed by atoms with E-state index in [-0.39, 0.29) is 11.8 Å². The number of rotatable bonds is 3. The predicted octanol–water partition coefficient (Wildman–Crippen LogP) is 3.29. The van der Waals surface area contributed by atoms with Gasteiger partial charge in [-0.05, 0) is 42.6 Å². The molecule has 0 unspecified atom stereocenters. The summed E-state index contributed by atoms with van der Waals surface area (Å²) in [6.07, 6.45) is 2.05.